The van der Waals surface area contributed by atoms with Gasteiger partial charge < -0.3 is 15.5 Å². The summed E-state index contributed by atoms with van der Waals surface area (Å²) in [5.41, 5.74) is 3.66. The standard InChI is InChI=1S/C29H34N4O/c34-28-20-8-4-5-9-22(20)29(25-16-30-13-10-21(25)28)23-11-14-31-17-26(23)33(19-6-2-1-3-7-19)27-18-32-15-12-24(27)29/h1-9,17,21,23-27,30,32H,10-16,18H2. The average molecular weight is 455 g/mol. The van der Waals surface area contributed by atoms with Crippen molar-refractivity contribution < 1.29 is 4.79 Å². The van der Waals surface area contributed by atoms with E-state index < -0.39 is 0 Å². The lowest BCUT2D eigenvalue weighted by molar-refractivity contribution is -0.0238. The molecule has 0 radical (unpaired) electrons. The van der Waals surface area contributed by atoms with Gasteiger partial charge in [0.15, 0.2) is 5.78 Å². The molecule has 0 saturated carbocycles. The second-order valence-corrected chi connectivity index (χ2v) is 10.9. The van der Waals surface area contributed by atoms with Crippen molar-refractivity contribution in [3.63, 3.8) is 0 Å². The van der Waals surface area contributed by atoms with E-state index in [4.69, 9.17) is 4.99 Å². The number of aliphatic imine (C=N–C) groups is 1. The zero-order valence-corrected chi connectivity index (χ0v) is 19.7. The molecule has 3 saturated heterocycles. The van der Waals surface area contributed by atoms with Crippen LogP contribution in [-0.4, -0.2) is 56.8 Å². The number of fused-ring (bicyclic) bond motifs is 8. The molecule has 4 heterocycles. The fourth-order valence-electron chi connectivity index (χ4n) is 8.71. The Morgan fingerprint density at radius 3 is 2.56 bits per heavy atom. The Kier molecular flexibility index (Phi) is 4.92. The van der Waals surface area contributed by atoms with Crippen LogP contribution in [0.2, 0.25) is 0 Å². The van der Waals surface area contributed by atoms with Crippen LogP contribution >= 0.6 is 0 Å². The van der Waals surface area contributed by atoms with E-state index in [0.29, 0.717) is 29.6 Å². The third-order valence-corrected chi connectivity index (χ3v) is 9.74. The quantitative estimate of drug-likeness (QED) is 0.694. The third-order valence-electron chi connectivity index (χ3n) is 9.74. The minimum atomic E-state index is -0.00224. The van der Waals surface area contributed by atoms with E-state index in [1.165, 1.54) is 11.3 Å². The van der Waals surface area contributed by atoms with Crippen molar-refractivity contribution in [1.82, 2.24) is 10.6 Å². The minimum absolute atomic E-state index is 0.00224. The van der Waals surface area contributed by atoms with E-state index in [1.54, 1.807) is 0 Å². The van der Waals surface area contributed by atoms with Crippen molar-refractivity contribution in [2.75, 3.05) is 37.6 Å². The molecule has 0 bridgehead atoms. The van der Waals surface area contributed by atoms with Gasteiger partial charge in [-0.25, -0.2) is 0 Å². The molecule has 2 N–H and O–H groups in total. The van der Waals surface area contributed by atoms with E-state index in [2.05, 4.69) is 76.3 Å². The van der Waals surface area contributed by atoms with Gasteiger partial charge in [0.25, 0.3) is 0 Å². The summed E-state index contributed by atoms with van der Waals surface area (Å²) < 4.78 is 0. The van der Waals surface area contributed by atoms with Gasteiger partial charge in [0, 0.05) is 47.9 Å². The molecule has 0 amide bonds. The van der Waals surface area contributed by atoms with Crippen molar-refractivity contribution in [2.24, 2.45) is 28.7 Å². The lowest BCUT2D eigenvalue weighted by atomic mass is 9.43. The number of para-hydroxylation sites is 1. The highest BCUT2D eigenvalue weighted by Gasteiger charge is 2.66. The normalized spacial score (nSPS) is 38.6. The Morgan fingerprint density at radius 1 is 0.853 bits per heavy atom. The largest absolute Gasteiger partial charge is 0.359 e. The molecular formula is C29H34N4O. The van der Waals surface area contributed by atoms with Gasteiger partial charge in [-0.3, -0.25) is 9.79 Å². The molecule has 2 aromatic carbocycles. The Hall–Kier alpha value is -2.50. The van der Waals surface area contributed by atoms with Crippen LogP contribution in [0.5, 0.6) is 0 Å². The molecule has 176 valence electrons. The lowest BCUT2D eigenvalue weighted by Gasteiger charge is -2.67. The second kappa shape index (κ2) is 8.03. The number of carbonyl (C=O) groups is 1. The number of rotatable bonds is 1. The molecule has 5 nitrogen and oxygen atoms in total. The molecule has 2 aromatic rings. The van der Waals surface area contributed by atoms with Gasteiger partial charge in [-0.1, -0.05) is 42.5 Å². The molecule has 4 aliphatic heterocycles. The number of piperidine rings is 3. The fourth-order valence-corrected chi connectivity index (χ4v) is 8.71. The summed E-state index contributed by atoms with van der Waals surface area (Å²) in [5.74, 6) is 1.83. The van der Waals surface area contributed by atoms with Crippen LogP contribution in [0.25, 0.3) is 0 Å². The predicted octanol–water partition coefficient (Wildman–Crippen LogP) is 3.30. The van der Waals surface area contributed by atoms with Gasteiger partial charge >= 0.3 is 0 Å². The number of hydrogen-bond donors (Lipinski definition) is 2. The van der Waals surface area contributed by atoms with Crippen molar-refractivity contribution in [3.05, 3.63) is 65.7 Å². The van der Waals surface area contributed by atoms with Crippen LogP contribution in [0.15, 0.2) is 59.6 Å². The smallest absolute Gasteiger partial charge is 0.166 e. The maximum atomic E-state index is 13.8. The van der Waals surface area contributed by atoms with Gasteiger partial charge in [-0.2, -0.15) is 0 Å². The molecule has 0 aromatic heterocycles. The fraction of sp³-hybridized carbons (Fsp3) is 0.517. The summed E-state index contributed by atoms with van der Waals surface area (Å²) in [6.45, 7) is 4.83. The van der Waals surface area contributed by atoms with Crippen LogP contribution in [0.1, 0.15) is 35.2 Å². The third kappa shape index (κ3) is 2.74. The van der Waals surface area contributed by atoms with Gasteiger partial charge in [0.1, 0.15) is 0 Å². The van der Waals surface area contributed by atoms with E-state index in [1.807, 2.05) is 0 Å². The molecule has 3 fully saturated rings. The number of nitrogens with zero attached hydrogens (tertiary/aromatic N) is 2. The first kappa shape index (κ1) is 20.8. The number of ketones is 1. The first-order valence-corrected chi connectivity index (χ1v) is 13.2. The Balaban J connectivity index is 1.49. The SMILES string of the molecule is O=C1c2ccccc2C2(C3CNCCC13)C1CCN=CC1N(c1ccccc1)C1CNCCC12. The number of anilines is 1. The number of hydrogen-bond acceptors (Lipinski definition) is 5. The first-order valence-electron chi connectivity index (χ1n) is 13.2. The molecule has 7 rings (SSSR count). The maximum absolute atomic E-state index is 13.8. The number of carbonyl (C=O) groups excluding carboxylic acids is 1. The zero-order valence-electron chi connectivity index (χ0n) is 19.7. The van der Waals surface area contributed by atoms with Gasteiger partial charge in [0.2, 0.25) is 0 Å². The minimum Gasteiger partial charge on any atom is -0.359 e. The van der Waals surface area contributed by atoms with Crippen molar-refractivity contribution in [3.8, 4) is 0 Å². The van der Waals surface area contributed by atoms with Crippen LogP contribution in [0, 0.1) is 23.7 Å². The Morgan fingerprint density at radius 2 is 1.65 bits per heavy atom. The topological polar surface area (TPSA) is 56.7 Å². The number of Topliss-reactive ketones (excluding diaryl/α,β-unsaturated/α-hetero) is 1. The highest BCUT2D eigenvalue weighted by atomic mass is 16.1. The summed E-state index contributed by atoms with van der Waals surface area (Å²) in [4.78, 5) is 21.4. The Bertz CT molecular complexity index is 1120. The lowest BCUT2D eigenvalue weighted by Crippen LogP contribution is -2.75. The summed E-state index contributed by atoms with van der Waals surface area (Å²) in [5, 5.41) is 7.46. The van der Waals surface area contributed by atoms with Crippen LogP contribution in [0.4, 0.5) is 5.69 Å². The number of benzene rings is 2. The van der Waals surface area contributed by atoms with E-state index in [9.17, 15) is 4.79 Å². The van der Waals surface area contributed by atoms with Gasteiger partial charge in [0.05, 0.1) is 6.04 Å². The highest BCUT2D eigenvalue weighted by Crippen LogP contribution is 2.62. The summed E-state index contributed by atoms with van der Waals surface area (Å²) in [6.07, 6.45) is 5.47. The second-order valence-electron chi connectivity index (χ2n) is 10.9. The van der Waals surface area contributed by atoms with E-state index in [0.717, 1.165) is 57.5 Å². The summed E-state index contributed by atoms with van der Waals surface area (Å²) in [6, 6.07) is 20.3. The molecule has 1 spiro atoms. The van der Waals surface area contributed by atoms with E-state index in [-0.39, 0.29) is 17.4 Å². The first-order chi connectivity index (χ1) is 16.8. The predicted molar refractivity (Wildman–Crippen MR) is 136 cm³/mol. The zero-order chi connectivity index (χ0) is 22.7. The van der Waals surface area contributed by atoms with Gasteiger partial charge in [-0.05, 0) is 74.3 Å². The maximum Gasteiger partial charge on any atom is 0.166 e. The summed E-state index contributed by atoms with van der Waals surface area (Å²) in [7, 11) is 0. The summed E-state index contributed by atoms with van der Waals surface area (Å²) >= 11 is 0. The molecule has 5 aliphatic rings. The molecule has 34 heavy (non-hydrogen) atoms. The molecule has 5 heteroatoms. The molecule has 1 aliphatic carbocycles. The van der Waals surface area contributed by atoms with Crippen LogP contribution in [-0.2, 0) is 5.41 Å². The van der Waals surface area contributed by atoms with Crippen molar-refractivity contribution >= 4 is 17.7 Å². The van der Waals surface area contributed by atoms with Gasteiger partial charge in [-0.15, -0.1) is 0 Å². The monoisotopic (exact) mass is 454 g/mol. The van der Waals surface area contributed by atoms with Crippen LogP contribution < -0.4 is 15.5 Å². The number of nitrogens with one attached hydrogen (secondary N) is 2. The molecule has 7 unspecified atom stereocenters. The van der Waals surface area contributed by atoms with Crippen molar-refractivity contribution in [2.45, 2.75) is 36.8 Å². The van der Waals surface area contributed by atoms with E-state index >= 15 is 0 Å². The average Bonchev–Trinajstić information content (AvgIpc) is 2.91. The van der Waals surface area contributed by atoms with Crippen molar-refractivity contribution in [1.29, 1.82) is 0 Å². The highest BCUT2D eigenvalue weighted by molar-refractivity contribution is 6.01. The van der Waals surface area contributed by atoms with Crippen LogP contribution in [0.3, 0.4) is 0 Å². The molecule has 7 atom stereocenters. The Labute approximate surface area is 202 Å². The molecular weight excluding hydrogens is 420 g/mol.